The molecule has 3 N–H and O–H groups in total. The normalized spacial score (nSPS) is 10.0. The maximum absolute atomic E-state index is 11.6. The standard InChI is InChI=1S/C15H15ClN2O3/c1-20-14-6-4-10(16)8-13(14)18-12-7-9(15(19)21-2)3-5-11(12)17/h3-8,18H,17H2,1-2H3. The van der Waals surface area contributed by atoms with Gasteiger partial charge in [-0.2, -0.15) is 0 Å². The Kier molecular flexibility index (Phi) is 4.55. The molecule has 0 fully saturated rings. The van der Waals surface area contributed by atoms with Gasteiger partial charge in [0.2, 0.25) is 0 Å². The lowest BCUT2D eigenvalue weighted by atomic mass is 10.1. The van der Waals surface area contributed by atoms with Crippen molar-refractivity contribution in [3.8, 4) is 5.75 Å². The second-order valence-electron chi connectivity index (χ2n) is 4.26. The number of nitrogen functional groups attached to an aromatic ring is 1. The van der Waals surface area contributed by atoms with Crippen LogP contribution < -0.4 is 15.8 Å². The van der Waals surface area contributed by atoms with E-state index in [1.807, 2.05) is 0 Å². The van der Waals surface area contributed by atoms with E-state index in [-0.39, 0.29) is 0 Å². The predicted molar refractivity (Wildman–Crippen MR) is 83.5 cm³/mol. The molecule has 110 valence electrons. The molecule has 21 heavy (non-hydrogen) atoms. The maximum atomic E-state index is 11.6. The molecule has 5 nitrogen and oxygen atoms in total. The first-order chi connectivity index (χ1) is 10.0. The second-order valence-corrected chi connectivity index (χ2v) is 4.70. The molecule has 0 saturated heterocycles. The summed E-state index contributed by atoms with van der Waals surface area (Å²) < 4.78 is 9.95. The van der Waals surface area contributed by atoms with Gasteiger partial charge >= 0.3 is 5.97 Å². The Hall–Kier alpha value is -2.40. The monoisotopic (exact) mass is 306 g/mol. The molecule has 0 aliphatic heterocycles. The average molecular weight is 307 g/mol. The van der Waals surface area contributed by atoms with Gasteiger partial charge in [-0.25, -0.2) is 4.79 Å². The summed E-state index contributed by atoms with van der Waals surface area (Å²) in [4.78, 5) is 11.6. The van der Waals surface area contributed by atoms with Crippen molar-refractivity contribution in [1.29, 1.82) is 0 Å². The number of halogens is 1. The number of hydrogen-bond acceptors (Lipinski definition) is 5. The number of benzene rings is 2. The topological polar surface area (TPSA) is 73.6 Å². The molecule has 0 saturated carbocycles. The molecule has 6 heteroatoms. The Labute approximate surface area is 127 Å². The molecule has 2 aromatic rings. The van der Waals surface area contributed by atoms with Crippen LogP contribution in [-0.2, 0) is 4.74 Å². The third-order valence-electron chi connectivity index (χ3n) is 2.91. The fourth-order valence-corrected chi connectivity index (χ4v) is 2.00. The summed E-state index contributed by atoms with van der Waals surface area (Å²) >= 11 is 5.98. The summed E-state index contributed by atoms with van der Waals surface area (Å²) in [7, 11) is 2.88. The van der Waals surface area contributed by atoms with Gasteiger partial charge in [0, 0.05) is 5.02 Å². The molecular weight excluding hydrogens is 292 g/mol. The molecule has 0 unspecified atom stereocenters. The van der Waals surface area contributed by atoms with Gasteiger partial charge in [-0.15, -0.1) is 0 Å². The Morgan fingerprint density at radius 2 is 1.90 bits per heavy atom. The van der Waals surface area contributed by atoms with Gasteiger partial charge < -0.3 is 20.5 Å². The molecule has 0 bridgehead atoms. The molecule has 0 amide bonds. The predicted octanol–water partition coefficient (Wildman–Crippen LogP) is 3.46. The number of ether oxygens (including phenoxy) is 2. The highest BCUT2D eigenvalue weighted by Crippen LogP contribution is 2.32. The molecule has 0 atom stereocenters. The number of rotatable bonds is 4. The lowest BCUT2D eigenvalue weighted by Gasteiger charge is -2.14. The second kappa shape index (κ2) is 6.37. The fraction of sp³-hybridized carbons (Fsp3) is 0.133. The molecule has 0 heterocycles. The number of methoxy groups -OCH3 is 2. The van der Waals surface area contributed by atoms with Crippen LogP contribution in [0.5, 0.6) is 5.75 Å². The van der Waals surface area contributed by atoms with Gasteiger partial charge in [0.15, 0.2) is 0 Å². The van der Waals surface area contributed by atoms with Gasteiger partial charge in [0.05, 0.1) is 36.8 Å². The van der Waals surface area contributed by atoms with Crippen molar-refractivity contribution in [3.05, 3.63) is 47.0 Å². The smallest absolute Gasteiger partial charge is 0.337 e. The fourth-order valence-electron chi connectivity index (χ4n) is 1.83. The Morgan fingerprint density at radius 1 is 1.14 bits per heavy atom. The van der Waals surface area contributed by atoms with E-state index in [0.29, 0.717) is 33.4 Å². The molecular formula is C15H15ClN2O3. The summed E-state index contributed by atoms with van der Waals surface area (Å²) in [6.45, 7) is 0. The zero-order chi connectivity index (χ0) is 15.4. The first-order valence-corrected chi connectivity index (χ1v) is 6.51. The highest BCUT2D eigenvalue weighted by atomic mass is 35.5. The van der Waals surface area contributed by atoms with Gasteiger partial charge in [-0.1, -0.05) is 11.6 Å². The van der Waals surface area contributed by atoms with Crippen LogP contribution in [0.1, 0.15) is 10.4 Å². The Morgan fingerprint density at radius 3 is 2.57 bits per heavy atom. The van der Waals surface area contributed by atoms with Crippen LogP contribution in [0.15, 0.2) is 36.4 Å². The van der Waals surface area contributed by atoms with Gasteiger partial charge in [-0.3, -0.25) is 0 Å². The molecule has 0 aromatic heterocycles. The minimum absolute atomic E-state index is 0.398. The molecule has 0 aliphatic rings. The summed E-state index contributed by atoms with van der Waals surface area (Å²) in [5.74, 6) is 0.179. The van der Waals surface area contributed by atoms with E-state index in [4.69, 9.17) is 26.8 Å². The lowest BCUT2D eigenvalue weighted by molar-refractivity contribution is 0.0601. The van der Waals surface area contributed by atoms with Crippen LogP contribution in [-0.4, -0.2) is 20.2 Å². The summed E-state index contributed by atoms with van der Waals surface area (Å²) in [5, 5.41) is 3.67. The minimum atomic E-state index is -0.434. The third kappa shape index (κ3) is 3.38. The zero-order valence-corrected chi connectivity index (χ0v) is 12.4. The average Bonchev–Trinajstić information content (AvgIpc) is 2.49. The van der Waals surface area contributed by atoms with Crippen molar-refractivity contribution < 1.29 is 14.3 Å². The van der Waals surface area contributed by atoms with Crippen LogP contribution in [0.4, 0.5) is 17.1 Å². The van der Waals surface area contributed by atoms with Crippen molar-refractivity contribution in [2.24, 2.45) is 0 Å². The number of nitrogens with two attached hydrogens (primary N) is 1. The number of nitrogens with one attached hydrogen (secondary N) is 1. The Bertz CT molecular complexity index is 674. The van der Waals surface area contributed by atoms with E-state index in [2.05, 4.69) is 5.32 Å². The first kappa shape index (κ1) is 15.0. The van der Waals surface area contributed by atoms with Crippen LogP contribution in [0, 0.1) is 0 Å². The molecule has 2 aromatic carbocycles. The lowest BCUT2D eigenvalue weighted by Crippen LogP contribution is -2.04. The van der Waals surface area contributed by atoms with Crippen molar-refractivity contribution in [2.75, 3.05) is 25.3 Å². The maximum Gasteiger partial charge on any atom is 0.337 e. The van der Waals surface area contributed by atoms with Gasteiger partial charge in [0.25, 0.3) is 0 Å². The van der Waals surface area contributed by atoms with E-state index >= 15 is 0 Å². The SMILES string of the molecule is COC(=O)c1ccc(N)c(Nc2cc(Cl)ccc2OC)c1. The molecule has 0 radical (unpaired) electrons. The molecule has 0 spiro atoms. The van der Waals surface area contributed by atoms with Crippen molar-refractivity contribution in [2.45, 2.75) is 0 Å². The van der Waals surface area contributed by atoms with E-state index in [1.54, 1.807) is 43.5 Å². The quantitative estimate of drug-likeness (QED) is 0.668. The van der Waals surface area contributed by atoms with E-state index in [0.717, 1.165) is 0 Å². The van der Waals surface area contributed by atoms with Crippen molar-refractivity contribution in [1.82, 2.24) is 0 Å². The molecule has 0 aliphatic carbocycles. The number of hydrogen-bond donors (Lipinski definition) is 2. The summed E-state index contributed by atoms with van der Waals surface area (Å²) in [6.07, 6.45) is 0. The number of anilines is 3. The highest BCUT2D eigenvalue weighted by Gasteiger charge is 2.11. The highest BCUT2D eigenvalue weighted by molar-refractivity contribution is 6.31. The van der Waals surface area contributed by atoms with Crippen molar-refractivity contribution in [3.63, 3.8) is 0 Å². The number of carbonyl (C=O) groups is 1. The molecule has 2 rings (SSSR count). The Balaban J connectivity index is 2.39. The number of esters is 1. The van der Waals surface area contributed by atoms with Crippen LogP contribution in [0.25, 0.3) is 0 Å². The van der Waals surface area contributed by atoms with Crippen molar-refractivity contribution >= 4 is 34.6 Å². The van der Waals surface area contributed by atoms with E-state index in [1.165, 1.54) is 7.11 Å². The van der Waals surface area contributed by atoms with E-state index < -0.39 is 5.97 Å². The summed E-state index contributed by atoms with van der Waals surface area (Å²) in [5.41, 5.74) is 8.03. The summed E-state index contributed by atoms with van der Waals surface area (Å²) in [6, 6.07) is 10.0. The largest absolute Gasteiger partial charge is 0.495 e. The van der Waals surface area contributed by atoms with Gasteiger partial charge in [0.1, 0.15) is 5.75 Å². The van der Waals surface area contributed by atoms with Crippen LogP contribution in [0.3, 0.4) is 0 Å². The van der Waals surface area contributed by atoms with Crippen LogP contribution >= 0.6 is 11.6 Å². The zero-order valence-electron chi connectivity index (χ0n) is 11.6. The minimum Gasteiger partial charge on any atom is -0.495 e. The number of carbonyl (C=O) groups excluding carboxylic acids is 1. The van der Waals surface area contributed by atoms with Crippen LogP contribution in [0.2, 0.25) is 5.02 Å². The third-order valence-corrected chi connectivity index (χ3v) is 3.14. The first-order valence-electron chi connectivity index (χ1n) is 6.13. The van der Waals surface area contributed by atoms with Gasteiger partial charge in [-0.05, 0) is 36.4 Å². The van der Waals surface area contributed by atoms with E-state index in [9.17, 15) is 4.79 Å².